The van der Waals surface area contributed by atoms with Gasteiger partial charge in [-0.2, -0.15) is 0 Å². The minimum absolute atomic E-state index is 0.167. The number of amides is 2. The predicted octanol–water partition coefficient (Wildman–Crippen LogP) is 0.981. The largest absolute Gasteiger partial charge is 0.330 e. The summed E-state index contributed by atoms with van der Waals surface area (Å²) in [6, 6.07) is 7.02. The monoisotopic (exact) mass is 332 g/mol. The summed E-state index contributed by atoms with van der Waals surface area (Å²) < 4.78 is 0. The highest BCUT2D eigenvalue weighted by Crippen LogP contribution is 2.22. The van der Waals surface area contributed by atoms with Gasteiger partial charge in [0.15, 0.2) is 0 Å². The van der Waals surface area contributed by atoms with Crippen LogP contribution in [-0.2, 0) is 0 Å². The summed E-state index contributed by atoms with van der Waals surface area (Å²) in [5, 5.41) is 6.72. The van der Waals surface area contributed by atoms with E-state index < -0.39 is 0 Å². The van der Waals surface area contributed by atoms with Crippen LogP contribution in [-0.4, -0.2) is 56.0 Å². The first kappa shape index (κ1) is 18.6. The maximum absolute atomic E-state index is 12.2. The van der Waals surface area contributed by atoms with Crippen molar-refractivity contribution in [3.63, 3.8) is 0 Å². The number of unbranched alkanes of at least 4 members (excludes halogenated alkanes) is 1. The van der Waals surface area contributed by atoms with Crippen LogP contribution < -0.4 is 16.4 Å². The summed E-state index contributed by atoms with van der Waals surface area (Å²) in [4.78, 5) is 25.7. The molecule has 6 heteroatoms. The quantitative estimate of drug-likeness (QED) is 0.392. The number of imide groups is 1. The van der Waals surface area contributed by atoms with Crippen LogP contribution in [0.5, 0.6) is 0 Å². The number of rotatable bonds is 12. The highest BCUT2D eigenvalue weighted by Gasteiger charge is 2.34. The van der Waals surface area contributed by atoms with Gasteiger partial charge in [0.1, 0.15) is 0 Å². The smallest absolute Gasteiger partial charge is 0.261 e. The number of nitrogens with zero attached hydrogens (tertiary/aromatic N) is 1. The molecule has 0 atom stereocenters. The Morgan fingerprint density at radius 3 is 1.83 bits per heavy atom. The fraction of sp³-hybridized carbons (Fsp3) is 0.556. The summed E-state index contributed by atoms with van der Waals surface area (Å²) in [7, 11) is 0. The van der Waals surface area contributed by atoms with Gasteiger partial charge in [-0.3, -0.25) is 14.5 Å². The summed E-state index contributed by atoms with van der Waals surface area (Å²) >= 11 is 0. The minimum Gasteiger partial charge on any atom is -0.330 e. The third-order valence-electron chi connectivity index (χ3n) is 4.13. The Labute approximate surface area is 143 Å². The lowest BCUT2D eigenvalue weighted by Crippen LogP contribution is -2.32. The normalized spacial score (nSPS) is 13.6. The fourth-order valence-corrected chi connectivity index (χ4v) is 2.78. The van der Waals surface area contributed by atoms with Crippen LogP contribution in [0.3, 0.4) is 0 Å². The van der Waals surface area contributed by atoms with Crippen molar-refractivity contribution in [2.45, 2.75) is 25.7 Å². The van der Waals surface area contributed by atoms with Crippen LogP contribution in [0, 0.1) is 0 Å². The Balaban J connectivity index is 1.53. The van der Waals surface area contributed by atoms with Crippen molar-refractivity contribution in [2.24, 2.45) is 5.73 Å². The van der Waals surface area contributed by atoms with E-state index in [-0.39, 0.29) is 11.8 Å². The molecule has 1 aliphatic heterocycles. The van der Waals surface area contributed by atoms with E-state index in [1.807, 2.05) is 0 Å². The van der Waals surface area contributed by atoms with Crippen molar-refractivity contribution in [3.05, 3.63) is 35.4 Å². The summed E-state index contributed by atoms with van der Waals surface area (Å²) in [5.41, 5.74) is 6.48. The number of benzene rings is 1. The zero-order chi connectivity index (χ0) is 17.2. The van der Waals surface area contributed by atoms with E-state index in [4.69, 9.17) is 5.73 Å². The highest BCUT2D eigenvalue weighted by molar-refractivity contribution is 6.21. The van der Waals surface area contributed by atoms with Gasteiger partial charge in [-0.1, -0.05) is 12.1 Å². The van der Waals surface area contributed by atoms with Crippen LogP contribution >= 0.6 is 0 Å². The molecule has 24 heavy (non-hydrogen) atoms. The van der Waals surface area contributed by atoms with E-state index in [1.54, 1.807) is 24.3 Å². The molecular formula is C18H28N4O2. The first-order valence-electron chi connectivity index (χ1n) is 8.82. The number of carbonyl (C=O) groups excluding carboxylic acids is 2. The Morgan fingerprint density at radius 1 is 0.792 bits per heavy atom. The van der Waals surface area contributed by atoms with Crippen molar-refractivity contribution in [1.82, 2.24) is 15.5 Å². The van der Waals surface area contributed by atoms with E-state index in [2.05, 4.69) is 10.6 Å². The van der Waals surface area contributed by atoms with E-state index in [9.17, 15) is 9.59 Å². The molecule has 0 saturated carbocycles. The Bertz CT molecular complexity index is 513. The number of nitrogens with one attached hydrogen (secondary N) is 2. The van der Waals surface area contributed by atoms with Crippen LogP contribution in [0.2, 0.25) is 0 Å². The molecule has 2 rings (SSSR count). The van der Waals surface area contributed by atoms with Gasteiger partial charge >= 0.3 is 0 Å². The molecule has 0 radical (unpaired) electrons. The second-order valence-electron chi connectivity index (χ2n) is 6.01. The Morgan fingerprint density at radius 2 is 1.29 bits per heavy atom. The van der Waals surface area contributed by atoms with Gasteiger partial charge in [0.05, 0.1) is 11.1 Å². The third kappa shape index (κ3) is 5.12. The molecule has 0 spiro atoms. The van der Waals surface area contributed by atoms with Crippen molar-refractivity contribution >= 4 is 11.8 Å². The zero-order valence-electron chi connectivity index (χ0n) is 14.2. The molecule has 4 N–H and O–H groups in total. The van der Waals surface area contributed by atoms with Gasteiger partial charge in [-0.15, -0.1) is 0 Å². The van der Waals surface area contributed by atoms with Gasteiger partial charge in [-0.05, 0) is 70.5 Å². The lowest BCUT2D eigenvalue weighted by atomic mass is 10.1. The Hall–Kier alpha value is -1.76. The van der Waals surface area contributed by atoms with E-state index in [1.165, 1.54) is 4.90 Å². The number of hydrogen-bond acceptors (Lipinski definition) is 5. The van der Waals surface area contributed by atoms with Crippen LogP contribution in [0.4, 0.5) is 0 Å². The van der Waals surface area contributed by atoms with Gasteiger partial charge in [0.25, 0.3) is 11.8 Å². The first-order chi connectivity index (χ1) is 11.8. The zero-order valence-corrected chi connectivity index (χ0v) is 14.2. The van der Waals surface area contributed by atoms with Crippen molar-refractivity contribution < 1.29 is 9.59 Å². The number of carbonyl (C=O) groups is 2. The predicted molar refractivity (Wildman–Crippen MR) is 95.1 cm³/mol. The molecule has 132 valence electrons. The molecule has 2 amide bonds. The second kappa shape index (κ2) is 10.2. The van der Waals surface area contributed by atoms with E-state index in [0.29, 0.717) is 17.7 Å². The standard InChI is InChI=1S/C18H28N4O2/c19-9-5-12-20-10-3-4-11-21-13-6-14-22-17(23)15-7-1-2-8-16(15)18(22)24/h1-2,7-8,20-21H,3-6,9-14,19H2. The van der Waals surface area contributed by atoms with Gasteiger partial charge in [0.2, 0.25) is 0 Å². The van der Waals surface area contributed by atoms with E-state index >= 15 is 0 Å². The molecule has 0 fully saturated rings. The van der Waals surface area contributed by atoms with Crippen LogP contribution in [0.15, 0.2) is 24.3 Å². The third-order valence-corrected chi connectivity index (χ3v) is 4.13. The maximum atomic E-state index is 12.2. The number of hydrogen-bond donors (Lipinski definition) is 3. The maximum Gasteiger partial charge on any atom is 0.261 e. The average molecular weight is 332 g/mol. The summed E-state index contributed by atoms with van der Waals surface area (Å²) in [6.45, 7) is 5.00. The van der Waals surface area contributed by atoms with Gasteiger partial charge < -0.3 is 16.4 Å². The fourth-order valence-electron chi connectivity index (χ4n) is 2.78. The molecule has 0 aliphatic carbocycles. The lowest BCUT2D eigenvalue weighted by molar-refractivity contribution is 0.0652. The molecule has 1 heterocycles. The molecule has 0 aromatic heterocycles. The van der Waals surface area contributed by atoms with Gasteiger partial charge in [0, 0.05) is 6.54 Å². The molecule has 0 bridgehead atoms. The SMILES string of the molecule is NCCCNCCCCNCCCN1C(=O)c2ccccc2C1=O. The highest BCUT2D eigenvalue weighted by atomic mass is 16.2. The van der Waals surface area contributed by atoms with Crippen LogP contribution in [0.25, 0.3) is 0 Å². The summed E-state index contributed by atoms with van der Waals surface area (Å²) in [5.74, 6) is -0.335. The summed E-state index contributed by atoms with van der Waals surface area (Å²) in [6.07, 6.45) is 4.05. The topological polar surface area (TPSA) is 87.5 Å². The second-order valence-corrected chi connectivity index (χ2v) is 6.01. The van der Waals surface area contributed by atoms with E-state index in [0.717, 1.165) is 58.4 Å². The van der Waals surface area contributed by atoms with Crippen molar-refractivity contribution in [1.29, 1.82) is 0 Å². The first-order valence-corrected chi connectivity index (χ1v) is 8.82. The molecule has 1 aromatic carbocycles. The molecule has 1 aliphatic rings. The number of fused-ring (bicyclic) bond motifs is 1. The van der Waals surface area contributed by atoms with Crippen molar-refractivity contribution in [3.8, 4) is 0 Å². The number of nitrogens with two attached hydrogens (primary N) is 1. The molecule has 1 aromatic rings. The van der Waals surface area contributed by atoms with Crippen LogP contribution in [0.1, 0.15) is 46.4 Å². The Kier molecular flexibility index (Phi) is 7.88. The molecule has 6 nitrogen and oxygen atoms in total. The molecule has 0 saturated heterocycles. The lowest BCUT2D eigenvalue weighted by Gasteiger charge is -2.13. The van der Waals surface area contributed by atoms with Gasteiger partial charge in [-0.25, -0.2) is 0 Å². The average Bonchev–Trinajstić information content (AvgIpc) is 2.84. The molecular weight excluding hydrogens is 304 g/mol. The minimum atomic E-state index is -0.167. The molecule has 0 unspecified atom stereocenters. The van der Waals surface area contributed by atoms with Crippen molar-refractivity contribution in [2.75, 3.05) is 39.3 Å².